The normalized spacial score (nSPS) is 11.8. The van der Waals surface area contributed by atoms with Gasteiger partial charge >= 0.3 is 0 Å². The smallest absolute Gasteiger partial charge is 0.160 e. The van der Waals surface area contributed by atoms with Crippen LogP contribution in [-0.2, 0) is 0 Å². The molecule has 2 aromatic heterocycles. The Morgan fingerprint density at radius 1 is 0.234 bits per heavy atom. The van der Waals surface area contributed by atoms with E-state index in [1.807, 2.05) is 60.9 Å². The highest BCUT2D eigenvalue weighted by Gasteiger charge is 2.17. The Balaban J connectivity index is 1.18. The van der Waals surface area contributed by atoms with Crippen LogP contribution in [0.3, 0.4) is 0 Å². The molecule has 13 aromatic rings. The van der Waals surface area contributed by atoms with Gasteiger partial charge < -0.3 is 0 Å². The van der Waals surface area contributed by atoms with Gasteiger partial charge in [-0.25, -0.2) is 19.9 Å². The van der Waals surface area contributed by atoms with E-state index in [-0.39, 0.29) is 0 Å². The van der Waals surface area contributed by atoms with Gasteiger partial charge in [0.15, 0.2) is 11.6 Å². The molecule has 0 radical (unpaired) electrons. The third kappa shape index (κ3) is 5.77. The molecule has 0 saturated carbocycles. The molecule has 0 fully saturated rings. The maximum absolute atomic E-state index is 5.32. The number of hydrogen-bond acceptors (Lipinski definition) is 4. The van der Waals surface area contributed by atoms with Crippen LogP contribution in [0, 0.1) is 0 Å². The second-order valence-corrected chi connectivity index (χ2v) is 16.5. The quantitative estimate of drug-likeness (QED) is 0.166. The van der Waals surface area contributed by atoms with Gasteiger partial charge in [-0.2, -0.15) is 0 Å². The maximum atomic E-state index is 5.32. The van der Waals surface area contributed by atoms with Crippen LogP contribution < -0.4 is 0 Å². The largest absolute Gasteiger partial charge is 0.236 e. The molecule has 0 unspecified atom stereocenters. The molecule has 0 spiro atoms. The molecular formula is C60H36N4. The molecule has 0 aliphatic carbocycles. The minimum Gasteiger partial charge on any atom is -0.236 e. The second-order valence-electron chi connectivity index (χ2n) is 16.5. The molecule has 0 aliphatic heterocycles. The molecule has 4 nitrogen and oxygen atoms in total. The molecule has 2 heterocycles. The zero-order chi connectivity index (χ0) is 42.1. The van der Waals surface area contributed by atoms with Crippen molar-refractivity contribution >= 4 is 86.2 Å². The molecule has 64 heavy (non-hydrogen) atoms. The first-order chi connectivity index (χ1) is 31.7. The van der Waals surface area contributed by atoms with E-state index in [2.05, 4.69) is 158 Å². The van der Waals surface area contributed by atoms with Crippen molar-refractivity contribution in [2.75, 3.05) is 0 Å². The van der Waals surface area contributed by atoms with E-state index in [0.717, 1.165) is 44.4 Å². The summed E-state index contributed by atoms with van der Waals surface area (Å²) < 4.78 is 0. The molecule has 0 amide bonds. The van der Waals surface area contributed by atoms with E-state index in [1.165, 1.54) is 75.4 Å². The van der Waals surface area contributed by atoms with Gasteiger partial charge in [0, 0.05) is 34.6 Å². The van der Waals surface area contributed by atoms with Crippen LogP contribution in [0.5, 0.6) is 0 Å². The minimum atomic E-state index is 0.639. The lowest BCUT2D eigenvalue weighted by atomic mass is 9.87. The second kappa shape index (κ2) is 14.5. The summed E-state index contributed by atoms with van der Waals surface area (Å²) in [6.45, 7) is 0. The van der Waals surface area contributed by atoms with E-state index >= 15 is 0 Å². The molecule has 0 aliphatic rings. The number of rotatable bonds is 4. The van der Waals surface area contributed by atoms with Crippen LogP contribution in [0.2, 0.25) is 0 Å². The highest BCUT2D eigenvalue weighted by molar-refractivity contribution is 6.36. The summed E-state index contributed by atoms with van der Waals surface area (Å²) in [6, 6.07) is 74.2. The molecule has 11 aromatic carbocycles. The Morgan fingerprint density at radius 2 is 0.719 bits per heavy atom. The first-order valence-corrected chi connectivity index (χ1v) is 21.7. The van der Waals surface area contributed by atoms with Gasteiger partial charge in [-0.3, -0.25) is 0 Å². The predicted octanol–water partition coefficient (Wildman–Crippen LogP) is 15.7. The van der Waals surface area contributed by atoms with E-state index in [4.69, 9.17) is 19.9 Å². The van der Waals surface area contributed by atoms with Crippen molar-refractivity contribution in [2.24, 2.45) is 0 Å². The monoisotopic (exact) mass is 812 g/mol. The van der Waals surface area contributed by atoms with E-state index in [9.17, 15) is 0 Å². The summed E-state index contributed by atoms with van der Waals surface area (Å²) in [5.41, 5.74) is 5.27. The van der Waals surface area contributed by atoms with Crippen LogP contribution >= 0.6 is 0 Å². The first kappa shape index (κ1) is 36.1. The standard InChI is InChI=1S/C60H36N4/c1-3-14-39(15-4-1)59-61-35-43(36-62-59)55-34-54(63-60(64-55)40-16-5-2-6-17-40)41-29-30-49-47-23-10-8-21-45(47)44-20-7-9-22-46(44)48-24-11-12-25-50(48)58-51-31-28-38-19-13-18-37-26-27-42(57(51)56(37)38)33-53(58)52(49)32-41/h1-36H. The average Bonchev–Trinajstić information content (AvgIpc) is 3.38. The van der Waals surface area contributed by atoms with Gasteiger partial charge in [0.25, 0.3) is 0 Å². The third-order valence-corrected chi connectivity index (χ3v) is 12.9. The van der Waals surface area contributed by atoms with Crippen LogP contribution in [-0.4, -0.2) is 19.9 Å². The Kier molecular flexibility index (Phi) is 8.18. The Labute approximate surface area is 368 Å². The van der Waals surface area contributed by atoms with Gasteiger partial charge in [-0.15, -0.1) is 0 Å². The van der Waals surface area contributed by atoms with E-state index < -0.39 is 0 Å². The van der Waals surface area contributed by atoms with Crippen LogP contribution in [0.1, 0.15) is 0 Å². The van der Waals surface area contributed by atoms with Crippen LogP contribution in [0.4, 0.5) is 0 Å². The molecule has 296 valence electrons. The number of aromatic nitrogens is 4. The fourth-order valence-corrected chi connectivity index (χ4v) is 9.97. The average molecular weight is 813 g/mol. The Bertz CT molecular complexity index is 4040. The highest BCUT2D eigenvalue weighted by Crippen LogP contribution is 2.44. The Hall–Kier alpha value is -8.60. The van der Waals surface area contributed by atoms with Crippen molar-refractivity contribution in [3.63, 3.8) is 0 Å². The van der Waals surface area contributed by atoms with Crippen molar-refractivity contribution in [1.29, 1.82) is 0 Å². The lowest BCUT2D eigenvalue weighted by Crippen LogP contribution is -1.97. The summed E-state index contributed by atoms with van der Waals surface area (Å²) in [4.78, 5) is 20.0. The third-order valence-electron chi connectivity index (χ3n) is 12.9. The number of hydrogen-bond donors (Lipinski definition) is 0. The summed E-state index contributed by atoms with van der Waals surface area (Å²) in [6.07, 6.45) is 3.73. The lowest BCUT2D eigenvalue weighted by Gasteiger charge is -2.16. The molecule has 0 atom stereocenters. The van der Waals surface area contributed by atoms with Gasteiger partial charge in [0.1, 0.15) is 0 Å². The van der Waals surface area contributed by atoms with E-state index in [1.54, 1.807) is 0 Å². The minimum absolute atomic E-state index is 0.639. The van der Waals surface area contributed by atoms with Crippen LogP contribution in [0.25, 0.3) is 131 Å². The first-order valence-electron chi connectivity index (χ1n) is 21.7. The van der Waals surface area contributed by atoms with Crippen LogP contribution in [0.15, 0.2) is 219 Å². The molecular weight excluding hydrogens is 777 g/mol. The van der Waals surface area contributed by atoms with Crippen molar-refractivity contribution in [1.82, 2.24) is 19.9 Å². The summed E-state index contributed by atoms with van der Waals surface area (Å²) >= 11 is 0. The van der Waals surface area contributed by atoms with Crippen molar-refractivity contribution in [2.45, 2.75) is 0 Å². The predicted molar refractivity (Wildman–Crippen MR) is 268 cm³/mol. The fraction of sp³-hybridized carbons (Fsp3) is 0. The summed E-state index contributed by atoms with van der Waals surface area (Å²) in [5, 5.41) is 19.4. The Morgan fingerprint density at radius 3 is 1.34 bits per heavy atom. The van der Waals surface area contributed by atoms with Gasteiger partial charge in [0.05, 0.1) is 11.4 Å². The molecule has 13 rings (SSSR count). The molecule has 0 saturated heterocycles. The molecule has 0 N–H and O–H groups in total. The summed E-state index contributed by atoms with van der Waals surface area (Å²) in [5.74, 6) is 1.31. The zero-order valence-corrected chi connectivity index (χ0v) is 34.6. The van der Waals surface area contributed by atoms with Crippen molar-refractivity contribution in [3.8, 4) is 45.3 Å². The SMILES string of the molecule is c1ccc(-c2ncc(-c3cc(-c4ccc5c6ccccc6c6ccccc6c6ccccc6c6c(cc7ccc8cccc9ccc6c7c89)c5c4)nc(-c4ccccc4)n3)cn2)cc1. The maximum Gasteiger partial charge on any atom is 0.160 e. The fourth-order valence-electron chi connectivity index (χ4n) is 9.97. The number of nitrogens with zero attached hydrogens (tertiary/aromatic N) is 4. The number of benzene rings is 10. The highest BCUT2D eigenvalue weighted by atomic mass is 14.9. The van der Waals surface area contributed by atoms with Gasteiger partial charge in [0.2, 0.25) is 0 Å². The number of fused-ring (bicyclic) bond motifs is 11. The lowest BCUT2D eigenvalue weighted by molar-refractivity contribution is 1.14. The molecule has 0 bridgehead atoms. The zero-order valence-electron chi connectivity index (χ0n) is 34.6. The van der Waals surface area contributed by atoms with Crippen molar-refractivity contribution in [3.05, 3.63) is 219 Å². The summed E-state index contributed by atoms with van der Waals surface area (Å²) in [7, 11) is 0. The van der Waals surface area contributed by atoms with Crippen molar-refractivity contribution < 1.29 is 0 Å². The molecule has 4 heteroatoms. The van der Waals surface area contributed by atoms with E-state index in [0.29, 0.717) is 11.6 Å². The van der Waals surface area contributed by atoms with Gasteiger partial charge in [-0.1, -0.05) is 188 Å². The van der Waals surface area contributed by atoms with Gasteiger partial charge in [-0.05, 0) is 104 Å². The topological polar surface area (TPSA) is 51.6 Å².